The van der Waals surface area contributed by atoms with Crippen LogP contribution >= 0.6 is 11.3 Å². The number of nitrogens with zero attached hydrogens (tertiary/aromatic N) is 4. The third-order valence-corrected chi connectivity index (χ3v) is 5.26. The number of hydrogen-bond donors (Lipinski definition) is 1. The summed E-state index contributed by atoms with van der Waals surface area (Å²) in [7, 11) is 1.76. The fourth-order valence-corrected chi connectivity index (χ4v) is 3.40. The highest BCUT2D eigenvalue weighted by atomic mass is 32.1. The van der Waals surface area contributed by atoms with Crippen molar-refractivity contribution in [2.24, 2.45) is 0 Å². The number of rotatable bonds is 6. The standard InChI is InChI=1S/C17H19N5O2S/c1-10-3-6-14(25-10)12-9-13(20-19-12)17(23)22(2)8-7-15-18-16(24-21-15)11-4-5-11/h3,6,9,11H,4-5,7-8H2,1-2H3,(H,19,20). The van der Waals surface area contributed by atoms with E-state index >= 15 is 0 Å². The van der Waals surface area contributed by atoms with E-state index in [0.717, 1.165) is 29.3 Å². The van der Waals surface area contributed by atoms with Gasteiger partial charge in [0.2, 0.25) is 5.89 Å². The molecule has 0 aromatic carbocycles. The average Bonchev–Trinajstić information content (AvgIpc) is 3.03. The SMILES string of the molecule is Cc1ccc(-c2cc(C(=O)N(C)CCc3noc(C4CC4)n3)n[nH]2)s1. The van der Waals surface area contributed by atoms with Crippen LogP contribution in [0.25, 0.3) is 10.6 Å². The minimum absolute atomic E-state index is 0.123. The average molecular weight is 357 g/mol. The number of thiophene rings is 1. The van der Waals surface area contributed by atoms with Gasteiger partial charge in [-0.25, -0.2) is 0 Å². The Labute approximate surface area is 149 Å². The van der Waals surface area contributed by atoms with Crippen LogP contribution in [-0.2, 0) is 6.42 Å². The molecule has 25 heavy (non-hydrogen) atoms. The quantitative estimate of drug-likeness (QED) is 0.732. The Bertz CT molecular complexity index is 892. The van der Waals surface area contributed by atoms with Gasteiger partial charge in [-0.3, -0.25) is 9.89 Å². The molecule has 0 bridgehead atoms. The van der Waals surface area contributed by atoms with Gasteiger partial charge in [0.1, 0.15) is 0 Å². The first-order valence-corrected chi connectivity index (χ1v) is 9.12. The van der Waals surface area contributed by atoms with Crippen molar-refractivity contribution < 1.29 is 9.32 Å². The highest BCUT2D eigenvalue weighted by Crippen LogP contribution is 2.38. The molecule has 1 amide bonds. The van der Waals surface area contributed by atoms with Crippen LogP contribution in [0.3, 0.4) is 0 Å². The Morgan fingerprint density at radius 3 is 3.00 bits per heavy atom. The van der Waals surface area contributed by atoms with Gasteiger partial charge in [-0.1, -0.05) is 5.16 Å². The summed E-state index contributed by atoms with van der Waals surface area (Å²) < 4.78 is 5.24. The smallest absolute Gasteiger partial charge is 0.274 e. The fraction of sp³-hybridized carbons (Fsp3) is 0.412. The molecule has 3 heterocycles. The lowest BCUT2D eigenvalue weighted by molar-refractivity contribution is 0.0790. The number of aryl methyl sites for hydroxylation is 1. The van der Waals surface area contributed by atoms with Crippen molar-refractivity contribution in [3.8, 4) is 10.6 Å². The third kappa shape index (κ3) is 3.48. The van der Waals surface area contributed by atoms with Crippen molar-refractivity contribution in [3.05, 3.63) is 40.5 Å². The number of carbonyl (C=O) groups excluding carboxylic acids is 1. The third-order valence-electron chi connectivity index (χ3n) is 4.23. The lowest BCUT2D eigenvalue weighted by Gasteiger charge is -2.14. The van der Waals surface area contributed by atoms with E-state index < -0.39 is 0 Å². The second-order valence-corrected chi connectivity index (χ2v) is 7.66. The maximum absolute atomic E-state index is 12.5. The van der Waals surface area contributed by atoms with Crippen molar-refractivity contribution in [1.82, 2.24) is 25.2 Å². The highest BCUT2D eigenvalue weighted by molar-refractivity contribution is 7.15. The van der Waals surface area contributed by atoms with E-state index in [-0.39, 0.29) is 5.91 Å². The first-order chi connectivity index (χ1) is 12.1. The van der Waals surface area contributed by atoms with E-state index in [1.807, 2.05) is 6.07 Å². The number of hydrogen-bond acceptors (Lipinski definition) is 6. The first-order valence-electron chi connectivity index (χ1n) is 8.30. The summed E-state index contributed by atoms with van der Waals surface area (Å²) in [6.45, 7) is 2.57. The van der Waals surface area contributed by atoms with E-state index in [0.29, 0.717) is 30.4 Å². The second kappa shape index (κ2) is 6.44. The zero-order valence-corrected chi connectivity index (χ0v) is 15.0. The number of nitrogens with one attached hydrogen (secondary N) is 1. The van der Waals surface area contributed by atoms with Gasteiger partial charge in [-0.05, 0) is 38.0 Å². The molecule has 7 nitrogen and oxygen atoms in total. The van der Waals surface area contributed by atoms with Gasteiger partial charge in [0.25, 0.3) is 5.91 Å². The molecule has 130 valence electrons. The fourth-order valence-electron chi connectivity index (χ4n) is 2.57. The minimum Gasteiger partial charge on any atom is -0.340 e. The molecule has 1 saturated carbocycles. The lowest BCUT2D eigenvalue weighted by atomic mass is 10.3. The maximum Gasteiger partial charge on any atom is 0.274 e. The number of H-pyrrole nitrogens is 1. The van der Waals surface area contributed by atoms with E-state index in [2.05, 4.69) is 33.3 Å². The molecule has 0 spiro atoms. The molecule has 1 N–H and O–H groups in total. The van der Waals surface area contributed by atoms with Crippen molar-refractivity contribution in [2.75, 3.05) is 13.6 Å². The molecule has 8 heteroatoms. The van der Waals surface area contributed by atoms with Gasteiger partial charge in [-0.15, -0.1) is 11.3 Å². The minimum atomic E-state index is -0.123. The zero-order valence-electron chi connectivity index (χ0n) is 14.2. The van der Waals surface area contributed by atoms with Gasteiger partial charge in [0.15, 0.2) is 11.5 Å². The topological polar surface area (TPSA) is 87.9 Å². The summed E-state index contributed by atoms with van der Waals surface area (Å²) in [4.78, 5) is 20.8. The van der Waals surface area contributed by atoms with E-state index in [9.17, 15) is 4.79 Å². The van der Waals surface area contributed by atoms with Crippen molar-refractivity contribution in [3.63, 3.8) is 0 Å². The lowest BCUT2D eigenvalue weighted by Crippen LogP contribution is -2.29. The number of aromatic nitrogens is 4. The summed E-state index contributed by atoms with van der Waals surface area (Å²) in [5.74, 6) is 1.70. The van der Waals surface area contributed by atoms with Crippen LogP contribution in [0.4, 0.5) is 0 Å². The molecule has 0 unspecified atom stereocenters. The summed E-state index contributed by atoms with van der Waals surface area (Å²) in [6, 6.07) is 5.87. The zero-order chi connectivity index (χ0) is 17.4. The number of carbonyl (C=O) groups is 1. The Balaban J connectivity index is 1.37. The molecule has 0 radical (unpaired) electrons. The Kier molecular flexibility index (Phi) is 4.12. The van der Waals surface area contributed by atoms with Crippen LogP contribution in [0.1, 0.15) is 45.8 Å². The van der Waals surface area contributed by atoms with Crippen molar-refractivity contribution in [2.45, 2.75) is 32.1 Å². The molecule has 3 aromatic rings. The van der Waals surface area contributed by atoms with Crippen LogP contribution < -0.4 is 0 Å². The number of likely N-dealkylation sites (N-methyl/N-ethyl adjacent to an activating group) is 1. The molecule has 1 aliphatic rings. The molecule has 4 rings (SSSR count). The molecule has 3 aromatic heterocycles. The second-order valence-electron chi connectivity index (χ2n) is 6.38. The summed E-state index contributed by atoms with van der Waals surface area (Å²) in [5, 5.41) is 11.1. The summed E-state index contributed by atoms with van der Waals surface area (Å²) in [5.41, 5.74) is 1.28. The predicted molar refractivity (Wildman–Crippen MR) is 93.6 cm³/mol. The van der Waals surface area contributed by atoms with Crippen LogP contribution in [-0.4, -0.2) is 44.7 Å². The van der Waals surface area contributed by atoms with E-state index in [1.165, 1.54) is 4.88 Å². The number of aromatic amines is 1. The molecule has 1 fully saturated rings. The normalized spacial score (nSPS) is 14.0. The van der Waals surface area contributed by atoms with E-state index in [1.54, 1.807) is 29.4 Å². The summed E-state index contributed by atoms with van der Waals surface area (Å²) >= 11 is 1.67. The molecule has 1 aliphatic carbocycles. The van der Waals surface area contributed by atoms with Crippen LogP contribution in [0.2, 0.25) is 0 Å². The Hall–Kier alpha value is -2.48. The van der Waals surface area contributed by atoms with E-state index in [4.69, 9.17) is 4.52 Å². The molecular formula is C17H19N5O2S. The molecule has 0 saturated heterocycles. The largest absolute Gasteiger partial charge is 0.340 e. The van der Waals surface area contributed by atoms with Gasteiger partial charge in [-0.2, -0.15) is 10.1 Å². The Morgan fingerprint density at radius 2 is 2.28 bits per heavy atom. The van der Waals surface area contributed by atoms with Gasteiger partial charge >= 0.3 is 0 Å². The molecule has 0 aliphatic heterocycles. The van der Waals surface area contributed by atoms with Gasteiger partial charge < -0.3 is 9.42 Å². The maximum atomic E-state index is 12.5. The number of amides is 1. The first kappa shape index (κ1) is 16.0. The summed E-state index contributed by atoms with van der Waals surface area (Å²) in [6.07, 6.45) is 2.83. The van der Waals surface area contributed by atoms with Gasteiger partial charge in [0.05, 0.1) is 10.6 Å². The van der Waals surface area contributed by atoms with Crippen molar-refractivity contribution >= 4 is 17.2 Å². The van der Waals surface area contributed by atoms with Crippen molar-refractivity contribution in [1.29, 1.82) is 0 Å². The van der Waals surface area contributed by atoms with Crippen LogP contribution in [0, 0.1) is 6.92 Å². The Morgan fingerprint density at radius 1 is 1.44 bits per heavy atom. The van der Waals surface area contributed by atoms with Crippen LogP contribution in [0.5, 0.6) is 0 Å². The predicted octanol–water partition coefficient (Wildman–Crippen LogP) is 3.02. The highest BCUT2D eigenvalue weighted by Gasteiger charge is 2.29. The monoisotopic (exact) mass is 357 g/mol. The van der Waals surface area contributed by atoms with Crippen LogP contribution in [0.15, 0.2) is 22.7 Å². The molecular weight excluding hydrogens is 338 g/mol. The molecule has 0 atom stereocenters. The van der Waals surface area contributed by atoms with Gasteiger partial charge in [0, 0.05) is 30.8 Å².